The van der Waals surface area contributed by atoms with E-state index in [4.69, 9.17) is 5.11 Å². The average molecular weight is 305 g/mol. The van der Waals surface area contributed by atoms with Crippen LogP contribution in [0.3, 0.4) is 0 Å². The molecule has 2 heterocycles. The van der Waals surface area contributed by atoms with Crippen LogP contribution in [0.1, 0.15) is 37.6 Å². The topological polar surface area (TPSA) is 57.6 Å². The lowest BCUT2D eigenvalue weighted by atomic mass is 9.78. The van der Waals surface area contributed by atoms with Crippen molar-refractivity contribution in [3.63, 3.8) is 0 Å². The number of carbonyl (C=O) groups excluding carboxylic acids is 2. The number of rotatable bonds is 3. The maximum atomic E-state index is 12.5. The molecule has 1 aromatic heterocycles. The minimum Gasteiger partial charge on any atom is -0.384 e. The van der Waals surface area contributed by atoms with Gasteiger partial charge in [-0.1, -0.05) is 25.7 Å². The number of aliphatic hydroxyl groups is 1. The van der Waals surface area contributed by atoms with Gasteiger partial charge in [0.25, 0.3) is 0 Å². The van der Waals surface area contributed by atoms with Crippen LogP contribution in [-0.2, 0) is 16.1 Å². The van der Waals surface area contributed by atoms with Crippen LogP contribution in [0.5, 0.6) is 0 Å². The van der Waals surface area contributed by atoms with Gasteiger partial charge in [0.1, 0.15) is 6.61 Å². The summed E-state index contributed by atoms with van der Waals surface area (Å²) in [5, 5.41) is 10.5. The predicted molar refractivity (Wildman–Crippen MR) is 81.4 cm³/mol. The van der Waals surface area contributed by atoms with E-state index in [9.17, 15) is 9.59 Å². The Balaban J connectivity index is 2.15. The number of hydrogen-bond donors (Lipinski definition) is 1. The fourth-order valence-corrected chi connectivity index (χ4v) is 3.15. The zero-order valence-electron chi connectivity index (χ0n) is 12.5. The van der Waals surface area contributed by atoms with Crippen LogP contribution in [0.15, 0.2) is 11.4 Å². The van der Waals surface area contributed by atoms with Crippen LogP contribution in [0.25, 0.3) is 0 Å². The Morgan fingerprint density at radius 3 is 2.76 bits per heavy atom. The number of aliphatic hydroxyl groups excluding tert-OH is 1. The molecule has 2 rings (SSSR count). The van der Waals surface area contributed by atoms with Gasteiger partial charge in [-0.15, -0.1) is 11.3 Å². The number of carbonyl (C=O) groups is 2. The molecule has 1 aliphatic rings. The summed E-state index contributed by atoms with van der Waals surface area (Å²) >= 11 is 1.47. The summed E-state index contributed by atoms with van der Waals surface area (Å²) < 4.78 is 0. The second-order valence-corrected chi connectivity index (χ2v) is 6.79. The second-order valence-electron chi connectivity index (χ2n) is 5.80. The number of imide groups is 1. The highest BCUT2D eigenvalue weighted by molar-refractivity contribution is 7.10. The molecule has 1 saturated heterocycles. The van der Waals surface area contributed by atoms with E-state index in [2.05, 4.69) is 11.8 Å². The van der Waals surface area contributed by atoms with Crippen molar-refractivity contribution in [3.8, 4) is 11.8 Å². The van der Waals surface area contributed by atoms with Crippen LogP contribution < -0.4 is 0 Å². The zero-order chi connectivity index (χ0) is 15.6. The Kier molecular flexibility index (Phi) is 4.50. The molecule has 21 heavy (non-hydrogen) atoms. The molecule has 5 heteroatoms. The first-order valence-corrected chi connectivity index (χ1v) is 7.78. The standard InChI is InChI=1S/C16H19NO3S/c1-11(2)16(3)8-14(19)17(15(16)20)9-13-7-12(10-21-13)5-4-6-18/h7,10-11,18H,6,8-9H2,1-3H3. The third kappa shape index (κ3) is 3.02. The fourth-order valence-electron chi connectivity index (χ4n) is 2.34. The van der Waals surface area contributed by atoms with Crippen molar-refractivity contribution >= 4 is 23.2 Å². The van der Waals surface area contributed by atoms with Crippen LogP contribution in [0.4, 0.5) is 0 Å². The summed E-state index contributed by atoms with van der Waals surface area (Å²) in [5.41, 5.74) is 0.211. The number of hydrogen-bond acceptors (Lipinski definition) is 4. The van der Waals surface area contributed by atoms with Crippen molar-refractivity contribution < 1.29 is 14.7 Å². The summed E-state index contributed by atoms with van der Waals surface area (Å²) in [5.74, 6) is 5.34. The van der Waals surface area contributed by atoms with Crippen molar-refractivity contribution in [1.29, 1.82) is 0 Å². The Bertz CT molecular complexity index is 623. The van der Waals surface area contributed by atoms with E-state index in [1.165, 1.54) is 16.2 Å². The Hall–Kier alpha value is -1.64. The first-order valence-electron chi connectivity index (χ1n) is 6.90. The van der Waals surface area contributed by atoms with Gasteiger partial charge in [0.05, 0.1) is 12.0 Å². The number of amides is 2. The highest BCUT2D eigenvalue weighted by atomic mass is 32.1. The smallest absolute Gasteiger partial charge is 0.236 e. The third-order valence-electron chi connectivity index (χ3n) is 4.11. The molecule has 2 amide bonds. The molecule has 1 fully saturated rings. The van der Waals surface area contributed by atoms with Crippen molar-refractivity contribution in [1.82, 2.24) is 4.90 Å². The molecule has 0 aromatic carbocycles. The van der Waals surface area contributed by atoms with E-state index in [-0.39, 0.29) is 30.8 Å². The van der Waals surface area contributed by atoms with Gasteiger partial charge in [-0.25, -0.2) is 0 Å². The normalized spacial score (nSPS) is 21.9. The van der Waals surface area contributed by atoms with Crippen molar-refractivity contribution in [2.75, 3.05) is 6.61 Å². The lowest BCUT2D eigenvalue weighted by molar-refractivity contribution is -0.142. The molecule has 1 atom stereocenters. The molecule has 0 saturated carbocycles. The van der Waals surface area contributed by atoms with Gasteiger partial charge in [-0.3, -0.25) is 14.5 Å². The maximum Gasteiger partial charge on any atom is 0.236 e. The van der Waals surface area contributed by atoms with E-state index in [1.54, 1.807) is 0 Å². The van der Waals surface area contributed by atoms with E-state index in [0.717, 1.165) is 10.4 Å². The lowest BCUT2D eigenvalue weighted by Crippen LogP contribution is -2.36. The van der Waals surface area contributed by atoms with E-state index < -0.39 is 5.41 Å². The monoisotopic (exact) mass is 305 g/mol. The SMILES string of the molecule is CC(C)C1(C)CC(=O)N(Cc2cc(C#CCO)cs2)C1=O. The lowest BCUT2D eigenvalue weighted by Gasteiger charge is -2.25. The minimum atomic E-state index is -0.589. The van der Waals surface area contributed by atoms with Crippen LogP contribution >= 0.6 is 11.3 Å². The Labute approximate surface area is 128 Å². The summed E-state index contributed by atoms with van der Waals surface area (Å²) in [6, 6.07) is 1.86. The van der Waals surface area contributed by atoms with Crippen molar-refractivity contribution in [2.45, 2.75) is 33.7 Å². The first-order chi connectivity index (χ1) is 9.88. The van der Waals surface area contributed by atoms with Crippen LogP contribution in [0, 0.1) is 23.2 Å². The van der Waals surface area contributed by atoms with E-state index in [1.807, 2.05) is 32.2 Å². The molecule has 112 valence electrons. The van der Waals surface area contributed by atoms with Gasteiger partial charge in [0.2, 0.25) is 11.8 Å². The first kappa shape index (κ1) is 15.7. The molecule has 0 bridgehead atoms. The Morgan fingerprint density at radius 2 is 2.19 bits per heavy atom. The molecule has 1 aliphatic heterocycles. The van der Waals surface area contributed by atoms with Gasteiger partial charge >= 0.3 is 0 Å². The third-order valence-corrected chi connectivity index (χ3v) is 5.03. The molecule has 4 nitrogen and oxygen atoms in total. The molecule has 1 aromatic rings. The highest BCUT2D eigenvalue weighted by Gasteiger charge is 2.49. The molecule has 0 aliphatic carbocycles. The summed E-state index contributed by atoms with van der Waals surface area (Å²) in [6.07, 6.45) is 0.284. The van der Waals surface area contributed by atoms with Gasteiger partial charge in [0.15, 0.2) is 0 Å². The molecule has 1 N–H and O–H groups in total. The highest BCUT2D eigenvalue weighted by Crippen LogP contribution is 2.40. The van der Waals surface area contributed by atoms with Crippen LogP contribution in [-0.4, -0.2) is 28.4 Å². The minimum absolute atomic E-state index is 0.0844. The molecule has 0 radical (unpaired) electrons. The molecular formula is C16H19NO3S. The number of nitrogens with zero attached hydrogens (tertiary/aromatic N) is 1. The van der Waals surface area contributed by atoms with E-state index in [0.29, 0.717) is 6.54 Å². The number of likely N-dealkylation sites (tertiary alicyclic amines) is 1. The van der Waals surface area contributed by atoms with Gasteiger partial charge in [-0.2, -0.15) is 0 Å². The summed E-state index contributed by atoms with van der Waals surface area (Å²) in [4.78, 5) is 26.9. The summed E-state index contributed by atoms with van der Waals surface area (Å²) in [7, 11) is 0. The average Bonchev–Trinajstić information content (AvgIpc) is 2.96. The predicted octanol–water partition coefficient (Wildman–Crippen LogP) is 2.01. The maximum absolute atomic E-state index is 12.5. The zero-order valence-corrected chi connectivity index (χ0v) is 13.3. The second kappa shape index (κ2) is 6.00. The van der Waals surface area contributed by atoms with Crippen molar-refractivity contribution in [3.05, 3.63) is 21.9 Å². The molecular weight excluding hydrogens is 286 g/mol. The van der Waals surface area contributed by atoms with Gasteiger partial charge < -0.3 is 5.11 Å². The quantitative estimate of drug-likeness (QED) is 0.686. The molecule has 0 spiro atoms. The fraction of sp³-hybridized carbons (Fsp3) is 0.500. The molecule has 1 unspecified atom stereocenters. The number of thiophene rings is 1. The Morgan fingerprint density at radius 1 is 1.48 bits per heavy atom. The van der Waals surface area contributed by atoms with Crippen LogP contribution in [0.2, 0.25) is 0 Å². The van der Waals surface area contributed by atoms with Gasteiger partial charge in [0, 0.05) is 22.2 Å². The van der Waals surface area contributed by atoms with Crippen molar-refractivity contribution in [2.24, 2.45) is 11.3 Å². The van der Waals surface area contributed by atoms with E-state index >= 15 is 0 Å². The summed E-state index contributed by atoms with van der Waals surface area (Å²) in [6.45, 7) is 5.95. The largest absolute Gasteiger partial charge is 0.384 e. The van der Waals surface area contributed by atoms with Gasteiger partial charge in [-0.05, 0) is 18.9 Å².